The van der Waals surface area contributed by atoms with Crippen LogP contribution in [0.3, 0.4) is 0 Å². The molecule has 0 atom stereocenters. The van der Waals surface area contributed by atoms with Gasteiger partial charge >= 0.3 is 0 Å². The molecule has 3 N–H and O–H groups in total. The third-order valence-corrected chi connectivity index (χ3v) is 25.2. The molecule has 3 aromatic carbocycles. The first-order chi connectivity index (χ1) is 64.0. The number of benzene rings is 3. The number of nitriles is 3. The first-order valence-electron chi connectivity index (χ1n) is 41.1. The summed E-state index contributed by atoms with van der Waals surface area (Å²) in [7, 11) is 0. The van der Waals surface area contributed by atoms with Crippen molar-refractivity contribution in [2.24, 2.45) is 0 Å². The van der Waals surface area contributed by atoms with Gasteiger partial charge < -0.3 is 44.7 Å². The molecular weight excluding hydrogens is 1910 g/mol. The minimum atomic E-state index is -1.77. The number of aromatic hydroxyl groups is 3. The van der Waals surface area contributed by atoms with E-state index in [9.17, 15) is 86.2 Å². The summed E-state index contributed by atoms with van der Waals surface area (Å²) in [5.74, 6) is -18.2. The summed E-state index contributed by atoms with van der Waals surface area (Å²) in [6.45, 7) is 29.9. The van der Waals surface area contributed by atoms with Crippen LogP contribution in [-0.2, 0) is 14.4 Å². The van der Waals surface area contributed by atoms with Crippen LogP contribution >= 0.6 is 81.2 Å². The smallest absolute Gasteiger partial charge is 0.276 e. The van der Waals surface area contributed by atoms with Gasteiger partial charge in [0.15, 0.2) is 63.8 Å². The van der Waals surface area contributed by atoms with E-state index in [0.717, 1.165) is 9.13 Å². The van der Waals surface area contributed by atoms with E-state index in [4.69, 9.17) is 81.2 Å². The van der Waals surface area contributed by atoms with Gasteiger partial charge in [-0.05, 0) is 110 Å². The van der Waals surface area contributed by atoms with Crippen molar-refractivity contribution in [3.05, 3.63) is 256 Å². The number of hydrogen-bond donors (Lipinski definition) is 3. The van der Waals surface area contributed by atoms with Gasteiger partial charge in [-0.1, -0.05) is 142 Å². The number of aromatic nitrogens is 9. The van der Waals surface area contributed by atoms with Crippen molar-refractivity contribution in [1.29, 1.82) is 15.8 Å². The van der Waals surface area contributed by atoms with E-state index in [-0.39, 0.29) is 202 Å². The fourth-order valence-electron chi connectivity index (χ4n) is 16.4. The van der Waals surface area contributed by atoms with Crippen LogP contribution in [0.25, 0.3) is 83.9 Å². The Morgan fingerprint density at radius 2 is 0.622 bits per heavy atom. The first kappa shape index (κ1) is 99.0. The maximum Gasteiger partial charge on any atom is 0.276 e. The molecule has 3 amide bonds. The predicted molar refractivity (Wildman–Crippen MR) is 499 cm³/mol. The van der Waals surface area contributed by atoms with Crippen molar-refractivity contribution in [3.8, 4) is 86.3 Å². The Bertz CT molecular complexity index is 6650. The number of hydrogen-bond acceptors (Lipinski definition) is 21. The van der Waals surface area contributed by atoms with Crippen molar-refractivity contribution in [2.45, 2.75) is 80.1 Å². The molecule has 0 radical (unpaired) electrons. The number of carbonyl (C=O) groups excluding carboxylic acids is 3. The highest BCUT2D eigenvalue weighted by Crippen LogP contribution is 2.50. The van der Waals surface area contributed by atoms with Crippen molar-refractivity contribution >= 4 is 149 Å². The second-order valence-electron chi connectivity index (χ2n) is 32.0. The number of pyridine rings is 9. The molecule has 3 aliphatic rings. The summed E-state index contributed by atoms with van der Waals surface area (Å²) in [5, 5.41) is 58.2. The van der Waals surface area contributed by atoms with Crippen LogP contribution in [0.4, 0.5) is 52.2 Å². The van der Waals surface area contributed by atoms with Crippen molar-refractivity contribution < 1.29 is 64.8 Å². The minimum Gasteiger partial charge on any atom is -0.504 e. The zero-order valence-corrected chi connectivity index (χ0v) is 78.1. The minimum absolute atomic E-state index is 0.0396. The average Bonchev–Trinajstić information content (AvgIpc) is 0.728. The maximum absolute atomic E-state index is 15.3. The molecule has 696 valence electrons. The van der Waals surface area contributed by atoms with E-state index in [0.29, 0.717) is 50.8 Å². The fraction of sp³-hybridized carbons (Fsp3) is 0.258. The largest absolute Gasteiger partial charge is 0.504 e. The Morgan fingerprint density at radius 1 is 0.378 bits per heavy atom. The van der Waals surface area contributed by atoms with Gasteiger partial charge in [0.2, 0.25) is 17.7 Å². The van der Waals surface area contributed by atoms with Gasteiger partial charge in [-0.3, -0.25) is 57.4 Å². The lowest BCUT2D eigenvalue weighted by Gasteiger charge is -2.36. The Balaban J connectivity index is 0.000000171. The summed E-state index contributed by atoms with van der Waals surface area (Å²) >= 11 is 42.8. The average molecular weight is 1990 g/mol. The lowest BCUT2D eigenvalue weighted by atomic mass is 10.0. The van der Waals surface area contributed by atoms with Crippen LogP contribution in [0.15, 0.2) is 107 Å². The fourth-order valence-corrected chi connectivity index (χ4v) is 18.0. The van der Waals surface area contributed by atoms with Crippen molar-refractivity contribution in [3.63, 3.8) is 0 Å². The van der Waals surface area contributed by atoms with Crippen LogP contribution in [0, 0.1) is 101 Å². The zero-order valence-electron chi connectivity index (χ0n) is 72.8. The molecule has 0 spiro atoms. The summed E-state index contributed by atoms with van der Waals surface area (Å²) in [5.41, 5.74) is -2.68. The second kappa shape index (κ2) is 39.6. The normalized spacial score (nSPS) is 13.4. The Hall–Kier alpha value is -13.4. The second-order valence-corrected chi connectivity index (χ2v) is 34.8. The summed E-state index contributed by atoms with van der Waals surface area (Å²) in [6.07, 6.45) is 8.32. The number of phenols is 3. The molecule has 12 heterocycles. The van der Waals surface area contributed by atoms with E-state index >= 15 is 8.78 Å². The molecule has 0 aliphatic carbocycles. The molecule has 0 bridgehead atoms. The van der Waals surface area contributed by atoms with Gasteiger partial charge in [-0.2, -0.15) is 15.8 Å². The van der Waals surface area contributed by atoms with Gasteiger partial charge in [-0.25, -0.2) is 50.1 Å². The highest BCUT2D eigenvalue weighted by molar-refractivity contribution is 6.39. The van der Waals surface area contributed by atoms with Gasteiger partial charge in [0.05, 0.1) is 105 Å². The van der Waals surface area contributed by atoms with E-state index in [1.165, 1.54) is 41.0 Å². The van der Waals surface area contributed by atoms with E-state index in [1.807, 2.05) is 59.8 Å². The van der Waals surface area contributed by atoms with Crippen LogP contribution in [-0.4, -0.2) is 170 Å². The number of nitrogens with zero attached hydrogens (tertiary/aromatic N) is 18. The lowest BCUT2D eigenvalue weighted by Crippen LogP contribution is -2.49. The molecule has 135 heavy (non-hydrogen) atoms. The summed E-state index contributed by atoms with van der Waals surface area (Å²) in [4.78, 5) is 117. The van der Waals surface area contributed by atoms with Gasteiger partial charge in [-0.15, -0.1) is 0 Å². The van der Waals surface area contributed by atoms with Crippen LogP contribution in [0.1, 0.15) is 110 Å². The maximum atomic E-state index is 15.3. The highest BCUT2D eigenvalue weighted by atomic mass is 35.5. The topological polar surface area (TPSA) is 346 Å². The standard InChI is InChI=1S/C31H25Cl3F2N6O3.2C31H25Cl2F3N6O3/c1-5-19(43)40-8-10-41(11-9-40)28-16-12-18(32)26(20-21(33)23(35)22(34)24(36)29(20)44)39-30(16)42(31(45)17(28)13-37)27-15(4)6-7-38-25(27)14(2)3;2*1-5-19(43)40-8-10-41(11-9-40)28-16-12-18(32)26(20-22(34)23(35)21(33)24(36)29(20)44)39-30(16)42(31(45)17(28)13-37)27-15(4)6-7-38-25(27)14(2)3/h3*5-7,12,14,44H,1,8-11H2,2-4H3. The number of rotatable bonds is 15. The number of halogens is 15. The molecule has 15 rings (SSSR count). The van der Waals surface area contributed by atoms with Crippen LogP contribution in [0.2, 0.25) is 35.2 Å². The molecular formula is C93H75Cl7F8N18O9. The zero-order chi connectivity index (χ0) is 98.7. The Labute approximate surface area is 798 Å². The van der Waals surface area contributed by atoms with E-state index in [1.54, 1.807) is 87.0 Å². The summed E-state index contributed by atoms with van der Waals surface area (Å²) in [6, 6.07) is 15.0. The Morgan fingerprint density at radius 3 is 0.867 bits per heavy atom. The van der Waals surface area contributed by atoms with Gasteiger partial charge in [0, 0.05) is 113 Å². The number of anilines is 3. The Kier molecular flexibility index (Phi) is 29.1. The first-order valence-corrected chi connectivity index (χ1v) is 43.8. The molecule has 12 aromatic rings. The van der Waals surface area contributed by atoms with Gasteiger partial charge in [0.1, 0.15) is 66.9 Å². The number of carbonyl (C=O) groups is 3. The lowest BCUT2D eigenvalue weighted by molar-refractivity contribution is -0.127. The molecule has 27 nitrogen and oxygen atoms in total. The van der Waals surface area contributed by atoms with Crippen LogP contribution < -0.4 is 31.4 Å². The van der Waals surface area contributed by atoms with Crippen molar-refractivity contribution in [1.82, 2.24) is 58.3 Å². The number of fused-ring (bicyclic) bond motifs is 3. The number of phenolic OH excluding ortho intramolecular Hbond substituents is 3. The van der Waals surface area contributed by atoms with Crippen molar-refractivity contribution in [2.75, 3.05) is 93.2 Å². The third kappa shape index (κ3) is 17.6. The number of piperazine rings is 3. The SMILES string of the molecule is C=CC(=O)N1CCN(c2c(C#N)c(=O)n(-c3c(C)ccnc3C(C)C)c3nc(-c4c(O)c(F)c(Cl)c(F)c4Cl)c(Cl)cc23)CC1.C=CC(=O)N1CCN(c2c(C#N)c(=O)n(-c3c(C)ccnc3C(C)C)c3nc(-c4c(O)c(F)c(Cl)c(F)c4F)c(Cl)cc23)CC1.C=CC(=O)N1CCN(c2c(C#N)c(=O)n(-c3c(C)ccnc3C(C)C)c3nc(-c4c(O)c(F)c(Cl)c(F)c4F)c(Cl)cc23)CC1. The molecule has 3 aliphatic heterocycles. The highest BCUT2D eigenvalue weighted by Gasteiger charge is 2.39. The molecule has 0 saturated carbocycles. The van der Waals surface area contributed by atoms with Gasteiger partial charge in [0.25, 0.3) is 16.7 Å². The van der Waals surface area contributed by atoms with Crippen LogP contribution in [0.5, 0.6) is 17.2 Å². The predicted octanol–water partition coefficient (Wildman–Crippen LogP) is 18.6. The summed E-state index contributed by atoms with van der Waals surface area (Å²) < 4.78 is 122. The third-order valence-electron chi connectivity index (χ3n) is 23.0. The number of aryl methyl sites for hydroxylation is 3. The monoisotopic (exact) mass is 1980 g/mol. The molecule has 9 aromatic heterocycles. The molecule has 3 fully saturated rings. The molecule has 0 unspecified atom stereocenters. The van der Waals surface area contributed by atoms with E-state index < -0.39 is 129 Å². The van der Waals surface area contributed by atoms with E-state index in [2.05, 4.69) is 49.6 Å². The quantitative estimate of drug-likeness (QED) is 0.0371. The number of amides is 3. The molecule has 42 heteroatoms. The molecule has 3 saturated heterocycles.